The van der Waals surface area contributed by atoms with Crippen LogP contribution in [0.15, 0.2) is 18.7 Å². The maximum Gasteiger partial charge on any atom is 0.249 e. The van der Waals surface area contributed by atoms with Gasteiger partial charge in [0.25, 0.3) is 0 Å². The van der Waals surface area contributed by atoms with Crippen LogP contribution >= 0.6 is 0 Å². The quantitative estimate of drug-likeness (QED) is 0.859. The van der Waals surface area contributed by atoms with Gasteiger partial charge in [-0.1, -0.05) is 0 Å². The van der Waals surface area contributed by atoms with E-state index in [0.717, 1.165) is 0 Å². The summed E-state index contributed by atoms with van der Waals surface area (Å²) in [5.41, 5.74) is 0.661. The minimum Gasteiger partial charge on any atom is -0.322 e. The molecule has 2 aromatic rings. The van der Waals surface area contributed by atoms with Gasteiger partial charge in [-0.2, -0.15) is 5.10 Å². The molecular weight excluding hydrogens is 234 g/mol. The van der Waals surface area contributed by atoms with E-state index in [-0.39, 0.29) is 11.9 Å². The minimum absolute atomic E-state index is 0.189. The molecule has 8 nitrogen and oxygen atoms in total. The second-order valence-electron chi connectivity index (χ2n) is 4.26. The zero-order valence-corrected chi connectivity index (χ0v) is 10.5. The molecule has 2 heterocycles. The molecule has 1 amide bonds. The molecule has 0 aliphatic rings. The van der Waals surface area contributed by atoms with Crippen molar-refractivity contribution in [3.8, 4) is 0 Å². The molecule has 18 heavy (non-hydrogen) atoms. The number of nitrogens with one attached hydrogen (secondary N) is 1. The van der Waals surface area contributed by atoms with Gasteiger partial charge >= 0.3 is 0 Å². The summed E-state index contributed by atoms with van der Waals surface area (Å²) in [7, 11) is 0. The number of tetrazole rings is 1. The lowest BCUT2D eigenvalue weighted by Gasteiger charge is -2.09. The fraction of sp³-hybridized carbons (Fsp3) is 0.500. The van der Waals surface area contributed by atoms with Crippen LogP contribution in [0.5, 0.6) is 0 Å². The Kier molecular flexibility index (Phi) is 3.35. The number of rotatable bonds is 4. The smallest absolute Gasteiger partial charge is 0.249 e. The van der Waals surface area contributed by atoms with E-state index in [1.807, 2.05) is 13.8 Å². The highest BCUT2D eigenvalue weighted by Crippen LogP contribution is 2.12. The van der Waals surface area contributed by atoms with Crippen molar-refractivity contribution in [2.45, 2.75) is 32.9 Å². The fourth-order valence-electron chi connectivity index (χ4n) is 1.40. The van der Waals surface area contributed by atoms with E-state index in [0.29, 0.717) is 5.69 Å². The fourth-order valence-corrected chi connectivity index (χ4v) is 1.40. The highest BCUT2D eigenvalue weighted by molar-refractivity contribution is 5.93. The third kappa shape index (κ3) is 2.53. The average Bonchev–Trinajstić information content (AvgIpc) is 2.98. The van der Waals surface area contributed by atoms with Crippen molar-refractivity contribution in [2.75, 3.05) is 5.32 Å². The molecule has 0 radical (unpaired) electrons. The number of hydrogen-bond acceptors (Lipinski definition) is 5. The van der Waals surface area contributed by atoms with Gasteiger partial charge in [0.05, 0.1) is 11.9 Å². The average molecular weight is 249 g/mol. The molecule has 2 aromatic heterocycles. The Bertz CT molecular complexity index is 516. The van der Waals surface area contributed by atoms with Gasteiger partial charge in [0.15, 0.2) is 0 Å². The van der Waals surface area contributed by atoms with Crippen LogP contribution in [0.1, 0.15) is 32.9 Å². The number of carbonyl (C=O) groups excluding carboxylic acids is 1. The molecule has 2 rings (SSSR count). The number of anilines is 1. The number of nitrogens with zero attached hydrogens (tertiary/aromatic N) is 6. The van der Waals surface area contributed by atoms with Gasteiger partial charge in [-0.3, -0.25) is 9.48 Å². The molecule has 96 valence electrons. The topological polar surface area (TPSA) is 90.5 Å². The van der Waals surface area contributed by atoms with Crippen LogP contribution in [-0.4, -0.2) is 35.9 Å². The minimum atomic E-state index is -0.470. The third-order valence-electron chi connectivity index (χ3n) is 2.54. The van der Waals surface area contributed by atoms with Crippen LogP contribution in [0.2, 0.25) is 0 Å². The van der Waals surface area contributed by atoms with E-state index in [4.69, 9.17) is 0 Å². The molecular formula is C10H15N7O. The van der Waals surface area contributed by atoms with Crippen LogP contribution in [0.3, 0.4) is 0 Å². The van der Waals surface area contributed by atoms with Crippen molar-refractivity contribution in [1.82, 2.24) is 30.0 Å². The summed E-state index contributed by atoms with van der Waals surface area (Å²) >= 11 is 0. The summed E-state index contributed by atoms with van der Waals surface area (Å²) in [6.07, 6.45) is 4.81. The van der Waals surface area contributed by atoms with Gasteiger partial charge in [0.2, 0.25) is 5.91 Å². The summed E-state index contributed by atoms with van der Waals surface area (Å²) < 4.78 is 3.17. The van der Waals surface area contributed by atoms with Crippen LogP contribution in [-0.2, 0) is 4.79 Å². The van der Waals surface area contributed by atoms with Crippen molar-refractivity contribution in [2.24, 2.45) is 0 Å². The summed E-state index contributed by atoms with van der Waals surface area (Å²) in [6.45, 7) is 5.75. The maximum atomic E-state index is 11.9. The molecule has 0 fully saturated rings. The Morgan fingerprint density at radius 3 is 2.67 bits per heavy atom. The Morgan fingerprint density at radius 2 is 2.11 bits per heavy atom. The normalized spacial score (nSPS) is 12.7. The van der Waals surface area contributed by atoms with E-state index in [9.17, 15) is 4.79 Å². The van der Waals surface area contributed by atoms with E-state index in [1.54, 1.807) is 24.0 Å². The van der Waals surface area contributed by atoms with Crippen LogP contribution in [0.25, 0.3) is 0 Å². The molecule has 0 unspecified atom stereocenters. The van der Waals surface area contributed by atoms with Gasteiger partial charge in [-0.15, -0.1) is 5.10 Å². The first-order chi connectivity index (χ1) is 8.58. The molecule has 0 saturated carbocycles. The Hall–Kier alpha value is -2.25. The molecule has 0 bridgehead atoms. The first kappa shape index (κ1) is 12.2. The zero-order chi connectivity index (χ0) is 13.1. The van der Waals surface area contributed by atoms with Gasteiger partial charge in [0, 0.05) is 12.2 Å². The zero-order valence-electron chi connectivity index (χ0n) is 10.5. The van der Waals surface area contributed by atoms with Crippen LogP contribution < -0.4 is 5.32 Å². The second-order valence-corrected chi connectivity index (χ2v) is 4.26. The first-order valence-electron chi connectivity index (χ1n) is 5.65. The molecule has 0 aliphatic heterocycles. The summed E-state index contributed by atoms with van der Waals surface area (Å²) in [4.78, 5) is 11.9. The molecule has 0 saturated heterocycles. The summed E-state index contributed by atoms with van der Waals surface area (Å²) in [5.74, 6) is -0.189. The van der Waals surface area contributed by atoms with Crippen molar-refractivity contribution in [3.05, 3.63) is 18.7 Å². The lowest BCUT2D eigenvalue weighted by atomic mass is 10.3. The third-order valence-corrected chi connectivity index (χ3v) is 2.54. The Balaban J connectivity index is 2.02. The molecule has 1 N–H and O–H groups in total. The van der Waals surface area contributed by atoms with Crippen LogP contribution in [0.4, 0.5) is 5.69 Å². The molecule has 1 atom stereocenters. The predicted molar refractivity (Wildman–Crippen MR) is 63.8 cm³/mol. The first-order valence-corrected chi connectivity index (χ1v) is 5.65. The number of carbonyl (C=O) groups is 1. The van der Waals surface area contributed by atoms with E-state index >= 15 is 0 Å². The second kappa shape index (κ2) is 4.94. The van der Waals surface area contributed by atoms with Gasteiger partial charge in [-0.25, -0.2) is 4.68 Å². The molecule has 0 aliphatic carbocycles. The SMILES string of the molecule is CC(C)n1cc(NC(=O)[C@H](C)n2cnnn2)cn1. The highest BCUT2D eigenvalue weighted by atomic mass is 16.2. The van der Waals surface area contributed by atoms with E-state index < -0.39 is 6.04 Å². The van der Waals surface area contributed by atoms with Crippen molar-refractivity contribution < 1.29 is 4.79 Å². The Morgan fingerprint density at radius 1 is 1.33 bits per heavy atom. The number of amides is 1. The van der Waals surface area contributed by atoms with Gasteiger partial charge < -0.3 is 5.32 Å². The summed E-state index contributed by atoms with van der Waals surface area (Å²) in [6, 6.07) is -0.213. The van der Waals surface area contributed by atoms with Gasteiger partial charge in [-0.05, 0) is 31.2 Å². The predicted octanol–water partition coefficient (Wildman–Crippen LogP) is 0.650. The van der Waals surface area contributed by atoms with E-state index in [1.165, 1.54) is 11.0 Å². The molecule has 0 aromatic carbocycles. The Labute approximate surface area is 104 Å². The van der Waals surface area contributed by atoms with Gasteiger partial charge in [0.1, 0.15) is 12.4 Å². The lowest BCUT2D eigenvalue weighted by Crippen LogP contribution is -2.24. The molecule has 0 spiro atoms. The van der Waals surface area contributed by atoms with E-state index in [2.05, 4.69) is 25.9 Å². The van der Waals surface area contributed by atoms with Crippen LogP contribution in [0, 0.1) is 0 Å². The monoisotopic (exact) mass is 249 g/mol. The largest absolute Gasteiger partial charge is 0.322 e. The lowest BCUT2D eigenvalue weighted by molar-refractivity contribution is -0.119. The standard InChI is InChI=1S/C10H15N7O/c1-7(2)16-5-9(4-12-16)13-10(18)8(3)17-6-11-14-15-17/h4-8H,1-3H3,(H,13,18)/t8-/m0/s1. The summed E-state index contributed by atoms with van der Waals surface area (Å²) in [5, 5.41) is 17.6. The number of hydrogen-bond donors (Lipinski definition) is 1. The molecule has 8 heteroatoms. The van der Waals surface area contributed by atoms with Crippen molar-refractivity contribution >= 4 is 11.6 Å². The van der Waals surface area contributed by atoms with Crippen molar-refractivity contribution in [3.63, 3.8) is 0 Å². The number of aromatic nitrogens is 6. The van der Waals surface area contributed by atoms with Crippen molar-refractivity contribution in [1.29, 1.82) is 0 Å². The maximum absolute atomic E-state index is 11.9. The highest BCUT2D eigenvalue weighted by Gasteiger charge is 2.16.